The lowest BCUT2D eigenvalue weighted by molar-refractivity contribution is -0.134. The maximum absolute atomic E-state index is 11.9. The molecular formula is C15H23ClN2O. The van der Waals surface area contributed by atoms with Gasteiger partial charge in [0.05, 0.1) is 6.04 Å². The van der Waals surface area contributed by atoms with Crippen molar-refractivity contribution in [2.75, 3.05) is 13.1 Å². The van der Waals surface area contributed by atoms with Gasteiger partial charge in [-0.3, -0.25) is 4.79 Å². The Morgan fingerprint density at radius 2 is 2.00 bits per heavy atom. The van der Waals surface area contributed by atoms with Gasteiger partial charge in [0.15, 0.2) is 0 Å². The molecule has 3 atom stereocenters. The Morgan fingerprint density at radius 1 is 1.37 bits per heavy atom. The van der Waals surface area contributed by atoms with Crippen molar-refractivity contribution < 1.29 is 4.79 Å². The molecule has 3 nitrogen and oxygen atoms in total. The van der Waals surface area contributed by atoms with Gasteiger partial charge in [0.25, 0.3) is 0 Å². The summed E-state index contributed by atoms with van der Waals surface area (Å²) >= 11 is 0. The van der Waals surface area contributed by atoms with Crippen LogP contribution in [0.25, 0.3) is 0 Å². The van der Waals surface area contributed by atoms with Crippen LogP contribution in [0.4, 0.5) is 0 Å². The number of hydrogen-bond acceptors (Lipinski definition) is 2. The predicted molar refractivity (Wildman–Crippen MR) is 80.4 cm³/mol. The summed E-state index contributed by atoms with van der Waals surface area (Å²) in [5.41, 5.74) is 7.05. The zero-order valence-corrected chi connectivity index (χ0v) is 12.4. The molecule has 0 aliphatic carbocycles. The Kier molecular flexibility index (Phi) is 5.83. The van der Waals surface area contributed by atoms with Crippen LogP contribution in [0.5, 0.6) is 0 Å². The van der Waals surface area contributed by atoms with Gasteiger partial charge in [0, 0.05) is 13.1 Å². The first kappa shape index (κ1) is 16.0. The van der Waals surface area contributed by atoms with Crippen molar-refractivity contribution in [1.82, 2.24) is 4.90 Å². The van der Waals surface area contributed by atoms with E-state index in [1.165, 1.54) is 5.56 Å². The number of rotatable bonds is 2. The highest BCUT2D eigenvalue weighted by Crippen LogP contribution is 2.32. The molecule has 1 amide bonds. The first-order valence-corrected chi connectivity index (χ1v) is 6.69. The number of carbonyl (C=O) groups is 1. The van der Waals surface area contributed by atoms with Gasteiger partial charge < -0.3 is 10.6 Å². The van der Waals surface area contributed by atoms with Crippen LogP contribution in [0.1, 0.15) is 31.7 Å². The van der Waals surface area contributed by atoms with E-state index >= 15 is 0 Å². The van der Waals surface area contributed by atoms with E-state index in [4.69, 9.17) is 5.73 Å². The van der Waals surface area contributed by atoms with Crippen LogP contribution in [-0.4, -0.2) is 29.9 Å². The maximum Gasteiger partial charge on any atom is 0.239 e. The molecule has 0 saturated carbocycles. The Labute approximate surface area is 121 Å². The van der Waals surface area contributed by atoms with E-state index in [0.717, 1.165) is 19.5 Å². The molecule has 0 aromatic heterocycles. The van der Waals surface area contributed by atoms with Crippen LogP contribution >= 0.6 is 12.4 Å². The van der Waals surface area contributed by atoms with Crippen molar-refractivity contribution in [3.05, 3.63) is 35.9 Å². The molecule has 106 valence electrons. The number of hydrogen-bond donors (Lipinski definition) is 1. The minimum Gasteiger partial charge on any atom is -0.341 e. The van der Waals surface area contributed by atoms with E-state index in [2.05, 4.69) is 31.2 Å². The highest BCUT2D eigenvalue weighted by molar-refractivity contribution is 5.85. The summed E-state index contributed by atoms with van der Waals surface area (Å²) in [6.45, 7) is 5.62. The van der Waals surface area contributed by atoms with Crippen LogP contribution in [-0.2, 0) is 4.79 Å². The third-order valence-corrected chi connectivity index (χ3v) is 3.83. The highest BCUT2D eigenvalue weighted by atomic mass is 35.5. The monoisotopic (exact) mass is 282 g/mol. The van der Waals surface area contributed by atoms with Crippen LogP contribution < -0.4 is 5.73 Å². The van der Waals surface area contributed by atoms with Crippen molar-refractivity contribution in [1.29, 1.82) is 0 Å². The summed E-state index contributed by atoms with van der Waals surface area (Å²) in [5.74, 6) is 1.13. The van der Waals surface area contributed by atoms with Crippen molar-refractivity contribution in [3.63, 3.8) is 0 Å². The minimum atomic E-state index is -0.384. The van der Waals surface area contributed by atoms with E-state index in [1.807, 2.05) is 11.0 Å². The fraction of sp³-hybridized carbons (Fsp3) is 0.533. The van der Waals surface area contributed by atoms with E-state index in [9.17, 15) is 4.79 Å². The Bertz CT molecular complexity index is 408. The average Bonchev–Trinajstić information content (AvgIpc) is 2.38. The molecule has 0 bridgehead atoms. The van der Waals surface area contributed by atoms with Crippen molar-refractivity contribution in [2.45, 2.75) is 32.2 Å². The maximum atomic E-state index is 11.9. The molecule has 1 aromatic rings. The molecule has 0 spiro atoms. The van der Waals surface area contributed by atoms with Gasteiger partial charge in [-0.2, -0.15) is 0 Å². The minimum absolute atomic E-state index is 0. The Balaban J connectivity index is 0.00000180. The van der Waals surface area contributed by atoms with Crippen LogP contribution in [0.15, 0.2) is 30.3 Å². The second-order valence-electron chi connectivity index (χ2n) is 5.36. The third kappa shape index (κ3) is 3.71. The lowest BCUT2D eigenvalue weighted by atomic mass is 9.81. The van der Waals surface area contributed by atoms with Crippen LogP contribution in [0.2, 0.25) is 0 Å². The van der Waals surface area contributed by atoms with Gasteiger partial charge in [0.2, 0.25) is 5.91 Å². The molecule has 1 aliphatic heterocycles. The number of benzene rings is 1. The standard InChI is InChI=1S/C15H22N2O.ClH/c1-11-10-17(15(18)12(2)16)9-8-14(11)13-6-4-3-5-7-13;/h3-7,11-12,14H,8-10,16H2,1-2H3;1H/t11?,12-,14?;/m1./s1. The summed E-state index contributed by atoms with van der Waals surface area (Å²) < 4.78 is 0. The molecule has 1 saturated heterocycles. The average molecular weight is 283 g/mol. The number of nitrogens with two attached hydrogens (primary N) is 1. The van der Waals surface area contributed by atoms with Crippen molar-refractivity contribution in [2.24, 2.45) is 11.7 Å². The summed E-state index contributed by atoms with van der Waals surface area (Å²) in [5, 5.41) is 0. The molecule has 1 aliphatic rings. The molecule has 1 heterocycles. The SMILES string of the molecule is CC1CN(C(=O)[C@@H](C)N)CCC1c1ccccc1.Cl. The summed E-state index contributed by atoms with van der Waals surface area (Å²) in [6.07, 6.45) is 1.03. The largest absolute Gasteiger partial charge is 0.341 e. The zero-order chi connectivity index (χ0) is 13.1. The van der Waals surface area contributed by atoms with Crippen molar-refractivity contribution in [3.8, 4) is 0 Å². The summed E-state index contributed by atoms with van der Waals surface area (Å²) in [4.78, 5) is 13.8. The smallest absolute Gasteiger partial charge is 0.239 e. The number of likely N-dealkylation sites (tertiary alicyclic amines) is 1. The topological polar surface area (TPSA) is 46.3 Å². The summed E-state index contributed by atoms with van der Waals surface area (Å²) in [7, 11) is 0. The molecule has 1 fully saturated rings. The lowest BCUT2D eigenvalue weighted by Gasteiger charge is -2.38. The molecular weight excluding hydrogens is 260 g/mol. The van der Waals surface area contributed by atoms with Gasteiger partial charge in [0.1, 0.15) is 0 Å². The van der Waals surface area contributed by atoms with Crippen molar-refractivity contribution >= 4 is 18.3 Å². The molecule has 4 heteroatoms. The number of nitrogens with zero attached hydrogens (tertiary/aromatic N) is 1. The highest BCUT2D eigenvalue weighted by Gasteiger charge is 2.30. The normalized spacial score (nSPS) is 24.5. The Morgan fingerprint density at radius 3 is 2.53 bits per heavy atom. The number of piperidine rings is 1. The van der Waals surface area contributed by atoms with Gasteiger partial charge in [-0.1, -0.05) is 37.3 Å². The van der Waals surface area contributed by atoms with Gasteiger partial charge in [-0.05, 0) is 30.7 Å². The van der Waals surface area contributed by atoms with Gasteiger partial charge in [-0.15, -0.1) is 12.4 Å². The van der Waals surface area contributed by atoms with Crippen LogP contribution in [0, 0.1) is 5.92 Å². The van der Waals surface area contributed by atoms with Gasteiger partial charge >= 0.3 is 0 Å². The predicted octanol–water partition coefficient (Wildman–Crippen LogP) is 2.41. The second kappa shape index (κ2) is 6.92. The molecule has 0 radical (unpaired) electrons. The molecule has 19 heavy (non-hydrogen) atoms. The van der Waals surface area contributed by atoms with E-state index in [-0.39, 0.29) is 24.4 Å². The Hall–Kier alpha value is -1.06. The third-order valence-electron chi connectivity index (χ3n) is 3.83. The molecule has 2 N–H and O–H groups in total. The number of amides is 1. The second-order valence-corrected chi connectivity index (χ2v) is 5.36. The summed E-state index contributed by atoms with van der Waals surface area (Å²) in [6, 6.07) is 10.2. The van der Waals surface area contributed by atoms with Crippen LogP contribution in [0.3, 0.4) is 0 Å². The fourth-order valence-electron chi connectivity index (χ4n) is 2.83. The van der Waals surface area contributed by atoms with E-state index in [1.54, 1.807) is 6.92 Å². The first-order chi connectivity index (χ1) is 8.59. The molecule has 2 unspecified atom stereocenters. The lowest BCUT2D eigenvalue weighted by Crippen LogP contribution is -2.48. The fourth-order valence-corrected chi connectivity index (χ4v) is 2.83. The quantitative estimate of drug-likeness (QED) is 0.905. The van der Waals surface area contributed by atoms with Gasteiger partial charge in [-0.25, -0.2) is 0 Å². The molecule has 2 rings (SSSR count). The molecule has 1 aromatic carbocycles. The van der Waals surface area contributed by atoms with E-state index in [0.29, 0.717) is 11.8 Å². The number of carbonyl (C=O) groups excluding carboxylic acids is 1. The number of halogens is 1. The zero-order valence-electron chi connectivity index (χ0n) is 11.6. The first-order valence-electron chi connectivity index (χ1n) is 6.69. The van der Waals surface area contributed by atoms with E-state index < -0.39 is 0 Å².